The van der Waals surface area contributed by atoms with Gasteiger partial charge in [0, 0.05) is 19.6 Å². The van der Waals surface area contributed by atoms with Gasteiger partial charge in [-0.1, -0.05) is 42.5 Å². The van der Waals surface area contributed by atoms with Crippen LogP contribution in [-0.4, -0.2) is 17.5 Å². The average Bonchev–Trinajstić information content (AvgIpc) is 2.57. The number of hydrogen-bond donors (Lipinski definition) is 1. The standard InChI is InChI=1S/C18H18F4N2O/c1-2-24(17(25)23-11-13-7-4-3-5-8-13)12-14-9-6-10-15(19)16(14)18(20,21)22/h3-10H,2,11-12H2,1H3,(H,23,25). The molecule has 0 radical (unpaired) electrons. The van der Waals surface area contributed by atoms with Gasteiger partial charge in [0.05, 0.1) is 5.56 Å². The summed E-state index contributed by atoms with van der Waals surface area (Å²) in [5.74, 6) is -1.34. The second-order valence-corrected chi connectivity index (χ2v) is 5.43. The number of nitrogens with one attached hydrogen (secondary N) is 1. The minimum atomic E-state index is -4.82. The summed E-state index contributed by atoms with van der Waals surface area (Å²) in [5.41, 5.74) is -0.734. The molecule has 2 rings (SSSR count). The lowest BCUT2D eigenvalue weighted by molar-refractivity contribution is -0.140. The molecule has 0 bridgehead atoms. The molecule has 134 valence electrons. The van der Waals surface area contributed by atoms with Crippen molar-refractivity contribution in [2.75, 3.05) is 6.54 Å². The SMILES string of the molecule is CCN(Cc1cccc(F)c1C(F)(F)F)C(=O)NCc1ccccc1. The maximum Gasteiger partial charge on any atom is 0.419 e. The zero-order valence-corrected chi connectivity index (χ0v) is 13.6. The first-order valence-electron chi connectivity index (χ1n) is 7.74. The molecule has 0 aromatic heterocycles. The summed E-state index contributed by atoms with van der Waals surface area (Å²) in [5, 5.41) is 2.66. The monoisotopic (exact) mass is 354 g/mol. The first kappa shape index (κ1) is 18.8. The van der Waals surface area contributed by atoms with Crippen molar-refractivity contribution in [1.82, 2.24) is 10.2 Å². The summed E-state index contributed by atoms with van der Waals surface area (Å²) >= 11 is 0. The average molecular weight is 354 g/mol. The van der Waals surface area contributed by atoms with Crippen LogP contribution in [0.4, 0.5) is 22.4 Å². The largest absolute Gasteiger partial charge is 0.419 e. The summed E-state index contributed by atoms with van der Waals surface area (Å²) in [7, 11) is 0. The van der Waals surface area contributed by atoms with Gasteiger partial charge < -0.3 is 10.2 Å². The van der Waals surface area contributed by atoms with Crippen molar-refractivity contribution < 1.29 is 22.4 Å². The van der Waals surface area contributed by atoms with Gasteiger partial charge in [0.15, 0.2) is 0 Å². The number of hydrogen-bond acceptors (Lipinski definition) is 1. The van der Waals surface area contributed by atoms with Gasteiger partial charge in [-0.2, -0.15) is 13.2 Å². The Morgan fingerprint density at radius 1 is 1.08 bits per heavy atom. The molecule has 2 aromatic rings. The lowest BCUT2D eigenvalue weighted by Crippen LogP contribution is -2.39. The number of carbonyl (C=O) groups is 1. The summed E-state index contributed by atoms with van der Waals surface area (Å²) in [4.78, 5) is 13.4. The van der Waals surface area contributed by atoms with Gasteiger partial charge in [0.25, 0.3) is 0 Å². The van der Waals surface area contributed by atoms with Crippen LogP contribution in [0.5, 0.6) is 0 Å². The topological polar surface area (TPSA) is 32.3 Å². The van der Waals surface area contributed by atoms with Crippen LogP contribution in [0.3, 0.4) is 0 Å². The normalized spacial score (nSPS) is 11.2. The Kier molecular flexibility index (Phi) is 6.01. The maximum absolute atomic E-state index is 13.6. The fraction of sp³-hybridized carbons (Fsp3) is 0.278. The molecule has 2 aromatic carbocycles. The number of alkyl halides is 3. The van der Waals surface area contributed by atoms with E-state index in [1.807, 2.05) is 30.3 Å². The van der Waals surface area contributed by atoms with Gasteiger partial charge in [-0.05, 0) is 24.1 Å². The molecule has 0 aliphatic heterocycles. The molecule has 0 spiro atoms. The van der Waals surface area contributed by atoms with Gasteiger partial charge in [0.1, 0.15) is 5.82 Å². The second kappa shape index (κ2) is 8.00. The highest BCUT2D eigenvalue weighted by atomic mass is 19.4. The number of rotatable bonds is 5. The number of benzene rings is 2. The van der Waals surface area contributed by atoms with Gasteiger partial charge in [-0.3, -0.25) is 0 Å². The Labute approximate surface area is 143 Å². The summed E-state index contributed by atoms with van der Waals surface area (Å²) in [6.45, 7) is 1.76. The van der Waals surface area contributed by atoms with E-state index in [9.17, 15) is 22.4 Å². The van der Waals surface area contributed by atoms with E-state index in [-0.39, 0.29) is 25.2 Å². The Bertz CT molecular complexity index is 717. The quantitative estimate of drug-likeness (QED) is 0.784. The van der Waals surface area contributed by atoms with Crippen LogP contribution in [0.15, 0.2) is 48.5 Å². The van der Waals surface area contributed by atoms with Gasteiger partial charge in [-0.15, -0.1) is 0 Å². The third-order valence-electron chi connectivity index (χ3n) is 3.70. The van der Waals surface area contributed by atoms with Crippen LogP contribution in [0.2, 0.25) is 0 Å². The lowest BCUT2D eigenvalue weighted by atomic mass is 10.1. The van der Waals surface area contributed by atoms with Crippen LogP contribution in [0.1, 0.15) is 23.6 Å². The Balaban J connectivity index is 2.12. The predicted octanol–water partition coefficient (Wildman–Crippen LogP) is 4.58. The van der Waals surface area contributed by atoms with Crippen LogP contribution in [-0.2, 0) is 19.3 Å². The molecule has 3 nitrogen and oxygen atoms in total. The van der Waals surface area contributed by atoms with Crippen LogP contribution >= 0.6 is 0 Å². The van der Waals surface area contributed by atoms with Crippen molar-refractivity contribution in [3.05, 3.63) is 71.0 Å². The van der Waals surface area contributed by atoms with Crippen molar-refractivity contribution in [3.63, 3.8) is 0 Å². The molecule has 0 fully saturated rings. The van der Waals surface area contributed by atoms with E-state index in [4.69, 9.17) is 0 Å². The highest BCUT2D eigenvalue weighted by molar-refractivity contribution is 5.74. The number of nitrogens with zero attached hydrogens (tertiary/aromatic N) is 1. The molecule has 0 atom stereocenters. The van der Waals surface area contributed by atoms with Gasteiger partial charge in [0.2, 0.25) is 0 Å². The molecule has 0 saturated carbocycles. The molecule has 1 N–H and O–H groups in total. The summed E-state index contributed by atoms with van der Waals surface area (Å²) < 4.78 is 52.9. The van der Waals surface area contributed by atoms with E-state index in [1.165, 1.54) is 17.0 Å². The molecule has 0 heterocycles. The first-order valence-corrected chi connectivity index (χ1v) is 7.74. The second-order valence-electron chi connectivity index (χ2n) is 5.43. The number of carbonyl (C=O) groups excluding carboxylic acids is 1. The minimum absolute atomic E-state index is 0.189. The van der Waals surface area contributed by atoms with Crippen molar-refractivity contribution in [3.8, 4) is 0 Å². The first-order chi connectivity index (χ1) is 11.8. The molecular formula is C18H18F4N2O. The zero-order chi connectivity index (χ0) is 18.4. The smallest absolute Gasteiger partial charge is 0.334 e. The molecule has 0 unspecified atom stereocenters. The molecule has 0 aliphatic carbocycles. The third-order valence-corrected chi connectivity index (χ3v) is 3.70. The highest BCUT2D eigenvalue weighted by Crippen LogP contribution is 2.34. The molecule has 0 aliphatic rings. The van der Waals surface area contributed by atoms with Crippen molar-refractivity contribution in [2.45, 2.75) is 26.2 Å². The predicted molar refractivity (Wildman–Crippen MR) is 86.2 cm³/mol. The van der Waals surface area contributed by atoms with E-state index in [0.717, 1.165) is 11.6 Å². The fourth-order valence-electron chi connectivity index (χ4n) is 2.44. The molecule has 25 heavy (non-hydrogen) atoms. The zero-order valence-electron chi connectivity index (χ0n) is 13.6. The van der Waals surface area contributed by atoms with Gasteiger partial charge >= 0.3 is 12.2 Å². The van der Waals surface area contributed by atoms with Crippen molar-refractivity contribution in [1.29, 1.82) is 0 Å². The van der Waals surface area contributed by atoms with Gasteiger partial charge in [-0.25, -0.2) is 9.18 Å². The third kappa shape index (κ3) is 4.95. The Morgan fingerprint density at radius 3 is 2.36 bits per heavy atom. The summed E-state index contributed by atoms with van der Waals surface area (Å²) in [6.07, 6.45) is -4.82. The highest BCUT2D eigenvalue weighted by Gasteiger charge is 2.37. The maximum atomic E-state index is 13.6. The number of amides is 2. The van der Waals surface area contributed by atoms with E-state index in [1.54, 1.807) is 6.92 Å². The molecule has 7 heteroatoms. The van der Waals surface area contributed by atoms with Crippen LogP contribution < -0.4 is 5.32 Å². The van der Waals surface area contributed by atoms with E-state index >= 15 is 0 Å². The lowest BCUT2D eigenvalue weighted by Gasteiger charge is -2.23. The minimum Gasteiger partial charge on any atom is -0.334 e. The van der Waals surface area contributed by atoms with Crippen molar-refractivity contribution >= 4 is 6.03 Å². The van der Waals surface area contributed by atoms with Crippen LogP contribution in [0.25, 0.3) is 0 Å². The molecule has 2 amide bonds. The van der Waals surface area contributed by atoms with E-state index < -0.39 is 23.6 Å². The molecular weight excluding hydrogens is 336 g/mol. The van der Waals surface area contributed by atoms with Crippen LogP contribution in [0, 0.1) is 5.82 Å². The van der Waals surface area contributed by atoms with E-state index in [2.05, 4.69) is 5.32 Å². The van der Waals surface area contributed by atoms with Crippen molar-refractivity contribution in [2.24, 2.45) is 0 Å². The Morgan fingerprint density at radius 2 is 1.76 bits per heavy atom. The number of halogens is 4. The Hall–Kier alpha value is -2.57. The molecule has 0 saturated heterocycles. The van der Waals surface area contributed by atoms with E-state index in [0.29, 0.717) is 0 Å². The summed E-state index contributed by atoms with van der Waals surface area (Å²) in [6, 6.07) is 11.8. The number of urea groups is 1. The fourth-order valence-corrected chi connectivity index (χ4v) is 2.44.